The maximum atomic E-state index is 13.2. The lowest BCUT2D eigenvalue weighted by Crippen LogP contribution is -2.38. The van der Waals surface area contributed by atoms with Crippen LogP contribution in [0.1, 0.15) is 41.6 Å². The summed E-state index contributed by atoms with van der Waals surface area (Å²) in [6.07, 6.45) is 2.53. The highest BCUT2D eigenvalue weighted by Crippen LogP contribution is 2.23. The number of benzene rings is 1. The van der Waals surface area contributed by atoms with Crippen molar-refractivity contribution in [3.63, 3.8) is 0 Å². The largest absolute Gasteiger partial charge is 0.481 e. The lowest BCUT2D eigenvalue weighted by atomic mass is 9.92. The molecule has 0 saturated carbocycles. The number of aryl methyl sites for hydroxylation is 1. The molecule has 1 saturated heterocycles. The van der Waals surface area contributed by atoms with E-state index in [1.807, 2.05) is 0 Å². The van der Waals surface area contributed by atoms with E-state index in [9.17, 15) is 14.0 Å². The van der Waals surface area contributed by atoms with E-state index in [2.05, 4.69) is 0 Å². The van der Waals surface area contributed by atoms with E-state index in [1.165, 1.54) is 12.1 Å². The SMILES string of the molecule is Cc1cc(C(=O)N2CCC(CCC(=O)O)CC2)ccc1F. The van der Waals surface area contributed by atoms with Gasteiger partial charge in [0.05, 0.1) is 0 Å². The molecular formula is C16H20FNO3. The zero-order valence-corrected chi connectivity index (χ0v) is 12.1. The molecule has 1 fully saturated rings. The van der Waals surface area contributed by atoms with E-state index >= 15 is 0 Å². The van der Waals surface area contributed by atoms with Crippen molar-refractivity contribution in [1.82, 2.24) is 4.90 Å². The molecule has 0 aliphatic carbocycles. The smallest absolute Gasteiger partial charge is 0.303 e. The Kier molecular flexibility index (Phi) is 4.94. The fraction of sp³-hybridized carbons (Fsp3) is 0.500. The van der Waals surface area contributed by atoms with Crippen LogP contribution >= 0.6 is 0 Å². The molecule has 1 heterocycles. The topological polar surface area (TPSA) is 57.6 Å². The molecule has 1 amide bonds. The zero-order chi connectivity index (χ0) is 15.4. The number of nitrogens with zero attached hydrogens (tertiary/aromatic N) is 1. The molecule has 1 aromatic carbocycles. The number of rotatable bonds is 4. The number of carboxylic acids is 1. The molecule has 1 N–H and O–H groups in total. The van der Waals surface area contributed by atoms with Gasteiger partial charge in [-0.1, -0.05) is 0 Å². The number of likely N-dealkylation sites (tertiary alicyclic amines) is 1. The fourth-order valence-electron chi connectivity index (χ4n) is 2.71. The molecule has 4 nitrogen and oxygen atoms in total. The Balaban J connectivity index is 1.90. The van der Waals surface area contributed by atoms with Gasteiger partial charge in [-0.2, -0.15) is 0 Å². The van der Waals surface area contributed by atoms with E-state index in [1.54, 1.807) is 17.9 Å². The van der Waals surface area contributed by atoms with Crippen LogP contribution in [0.15, 0.2) is 18.2 Å². The van der Waals surface area contributed by atoms with Crippen LogP contribution in [0.5, 0.6) is 0 Å². The van der Waals surface area contributed by atoms with Crippen LogP contribution in [0.4, 0.5) is 4.39 Å². The minimum Gasteiger partial charge on any atom is -0.481 e. The summed E-state index contributed by atoms with van der Waals surface area (Å²) in [5.74, 6) is -0.774. The fourth-order valence-corrected chi connectivity index (χ4v) is 2.71. The number of carbonyl (C=O) groups is 2. The van der Waals surface area contributed by atoms with Gasteiger partial charge in [-0.3, -0.25) is 9.59 Å². The molecular weight excluding hydrogens is 273 g/mol. The molecule has 5 heteroatoms. The van der Waals surface area contributed by atoms with Crippen LogP contribution in [0.25, 0.3) is 0 Å². The Morgan fingerprint density at radius 2 is 2.00 bits per heavy atom. The Morgan fingerprint density at radius 1 is 1.33 bits per heavy atom. The lowest BCUT2D eigenvalue weighted by molar-refractivity contribution is -0.137. The number of carbonyl (C=O) groups excluding carboxylic acids is 1. The summed E-state index contributed by atoms with van der Waals surface area (Å²) in [4.78, 5) is 24.7. The summed E-state index contributed by atoms with van der Waals surface area (Å²) in [5, 5.41) is 8.69. The summed E-state index contributed by atoms with van der Waals surface area (Å²) in [6, 6.07) is 4.41. The molecule has 0 radical (unpaired) electrons. The predicted octanol–water partition coefficient (Wildman–Crippen LogP) is 2.85. The van der Waals surface area contributed by atoms with E-state index in [0.717, 1.165) is 12.8 Å². The van der Waals surface area contributed by atoms with Crippen molar-refractivity contribution in [3.8, 4) is 0 Å². The van der Waals surface area contributed by atoms with Crippen molar-refractivity contribution < 1.29 is 19.1 Å². The highest BCUT2D eigenvalue weighted by Gasteiger charge is 2.24. The standard InChI is InChI=1S/C16H20FNO3/c1-11-10-13(3-4-14(11)17)16(21)18-8-6-12(7-9-18)2-5-15(19)20/h3-4,10,12H,2,5-9H2,1H3,(H,19,20). The van der Waals surface area contributed by atoms with Crippen LogP contribution in [0, 0.1) is 18.7 Å². The van der Waals surface area contributed by atoms with Gasteiger partial charge in [-0.05, 0) is 55.9 Å². The van der Waals surface area contributed by atoms with Gasteiger partial charge in [0.1, 0.15) is 5.82 Å². The first-order chi connectivity index (χ1) is 9.97. The highest BCUT2D eigenvalue weighted by atomic mass is 19.1. The van der Waals surface area contributed by atoms with Crippen molar-refractivity contribution in [2.45, 2.75) is 32.6 Å². The van der Waals surface area contributed by atoms with Crippen LogP contribution in [0.2, 0.25) is 0 Å². The van der Waals surface area contributed by atoms with Crippen molar-refractivity contribution in [1.29, 1.82) is 0 Å². The quantitative estimate of drug-likeness (QED) is 0.928. The molecule has 21 heavy (non-hydrogen) atoms. The van der Waals surface area contributed by atoms with Gasteiger partial charge >= 0.3 is 5.97 Å². The van der Waals surface area contributed by atoms with Crippen molar-refractivity contribution in [2.75, 3.05) is 13.1 Å². The molecule has 1 aliphatic rings. The van der Waals surface area contributed by atoms with Crippen LogP contribution in [0.3, 0.4) is 0 Å². The first kappa shape index (κ1) is 15.5. The second kappa shape index (κ2) is 6.70. The van der Waals surface area contributed by atoms with Crippen LogP contribution < -0.4 is 0 Å². The maximum Gasteiger partial charge on any atom is 0.303 e. The van der Waals surface area contributed by atoms with Crippen molar-refractivity contribution in [2.24, 2.45) is 5.92 Å². The monoisotopic (exact) mass is 293 g/mol. The molecule has 0 spiro atoms. The molecule has 114 valence electrons. The first-order valence-corrected chi connectivity index (χ1v) is 7.24. The van der Waals surface area contributed by atoms with Crippen LogP contribution in [-0.4, -0.2) is 35.0 Å². The summed E-state index contributed by atoms with van der Waals surface area (Å²) in [7, 11) is 0. The third kappa shape index (κ3) is 4.03. The van der Waals surface area contributed by atoms with Gasteiger partial charge in [-0.25, -0.2) is 4.39 Å². The third-order valence-corrected chi connectivity index (χ3v) is 4.07. The minimum absolute atomic E-state index is 0.0743. The van der Waals surface area contributed by atoms with Gasteiger partial charge in [0.25, 0.3) is 5.91 Å². The molecule has 1 aliphatic heterocycles. The Labute approximate surface area is 123 Å². The zero-order valence-electron chi connectivity index (χ0n) is 12.1. The Morgan fingerprint density at radius 3 is 2.57 bits per heavy atom. The molecule has 0 aromatic heterocycles. The molecule has 0 atom stereocenters. The molecule has 0 bridgehead atoms. The Bertz CT molecular complexity index is 536. The van der Waals surface area contributed by atoms with E-state index < -0.39 is 5.97 Å². The number of aliphatic carboxylic acids is 1. The molecule has 2 rings (SSSR count). The first-order valence-electron chi connectivity index (χ1n) is 7.24. The number of amides is 1. The summed E-state index contributed by atoms with van der Waals surface area (Å²) >= 11 is 0. The molecule has 1 aromatic rings. The van der Waals surface area contributed by atoms with Gasteiger partial charge in [0.15, 0.2) is 0 Å². The number of hydrogen-bond donors (Lipinski definition) is 1. The van der Waals surface area contributed by atoms with E-state index in [0.29, 0.717) is 36.6 Å². The number of carboxylic acid groups (broad SMARTS) is 1. The predicted molar refractivity (Wildman–Crippen MR) is 76.6 cm³/mol. The maximum absolute atomic E-state index is 13.2. The van der Waals surface area contributed by atoms with Crippen molar-refractivity contribution in [3.05, 3.63) is 35.1 Å². The summed E-state index contributed by atoms with van der Waals surface area (Å²) in [6.45, 7) is 2.92. The minimum atomic E-state index is -0.768. The van der Waals surface area contributed by atoms with Crippen LogP contribution in [-0.2, 0) is 4.79 Å². The average molecular weight is 293 g/mol. The average Bonchev–Trinajstić information content (AvgIpc) is 2.48. The third-order valence-electron chi connectivity index (χ3n) is 4.07. The number of piperidine rings is 1. The van der Waals surface area contributed by atoms with Crippen molar-refractivity contribution >= 4 is 11.9 Å². The summed E-state index contributed by atoms with van der Waals surface area (Å²) < 4.78 is 13.2. The van der Waals surface area contributed by atoms with Gasteiger partial charge in [-0.15, -0.1) is 0 Å². The van der Waals surface area contributed by atoms with Gasteiger partial charge in [0.2, 0.25) is 0 Å². The summed E-state index contributed by atoms with van der Waals surface area (Å²) in [5.41, 5.74) is 0.982. The second-order valence-electron chi connectivity index (χ2n) is 5.63. The van der Waals surface area contributed by atoms with E-state index in [4.69, 9.17) is 5.11 Å². The highest BCUT2D eigenvalue weighted by molar-refractivity contribution is 5.94. The van der Waals surface area contributed by atoms with Gasteiger partial charge < -0.3 is 10.0 Å². The number of hydrogen-bond acceptors (Lipinski definition) is 2. The molecule has 0 unspecified atom stereocenters. The Hall–Kier alpha value is -1.91. The lowest BCUT2D eigenvalue weighted by Gasteiger charge is -2.32. The normalized spacial score (nSPS) is 16.0. The van der Waals surface area contributed by atoms with Gasteiger partial charge in [0, 0.05) is 25.1 Å². The second-order valence-corrected chi connectivity index (χ2v) is 5.63. The number of halogens is 1. The van der Waals surface area contributed by atoms with E-state index in [-0.39, 0.29) is 18.1 Å².